The van der Waals surface area contributed by atoms with Crippen LogP contribution >= 0.6 is 0 Å². The number of nitrogens with zero attached hydrogens (tertiary/aromatic N) is 2. The van der Waals surface area contributed by atoms with Crippen molar-refractivity contribution in [1.82, 2.24) is 15.1 Å². The maximum atomic E-state index is 6.18. The second-order valence-electron chi connectivity index (χ2n) is 5.66. The quantitative estimate of drug-likeness (QED) is 0.905. The Labute approximate surface area is 130 Å². The highest BCUT2D eigenvalue weighted by molar-refractivity contribution is 5.72. The molecule has 1 aromatic heterocycles. The third kappa shape index (κ3) is 3.01. The summed E-state index contributed by atoms with van der Waals surface area (Å²) in [6.07, 6.45) is 2.29. The first-order valence-corrected chi connectivity index (χ1v) is 7.51. The SMILES string of the molecule is COc1c(OC2CCN(C)CC2)cccc1-c1cc(N)n[nH]1. The van der Waals surface area contributed by atoms with E-state index >= 15 is 0 Å². The fourth-order valence-corrected chi connectivity index (χ4v) is 2.79. The number of anilines is 1. The average molecular weight is 302 g/mol. The van der Waals surface area contributed by atoms with Crippen molar-refractivity contribution in [1.29, 1.82) is 0 Å². The van der Waals surface area contributed by atoms with Crippen molar-refractivity contribution in [3.63, 3.8) is 0 Å². The zero-order chi connectivity index (χ0) is 15.5. The average Bonchev–Trinajstić information content (AvgIpc) is 2.96. The molecule has 0 amide bonds. The standard InChI is InChI=1S/C16H22N4O2/c1-20-8-6-11(7-9-20)22-14-5-3-4-12(16(14)21-2)13-10-15(17)19-18-13/h3-5,10-11H,6-9H2,1-2H3,(H3,17,18,19). The number of piperidine rings is 1. The maximum Gasteiger partial charge on any atom is 0.170 e. The zero-order valence-corrected chi connectivity index (χ0v) is 13.0. The molecule has 0 saturated carbocycles. The van der Waals surface area contributed by atoms with Gasteiger partial charge in [0.05, 0.1) is 12.8 Å². The van der Waals surface area contributed by atoms with Gasteiger partial charge in [0.1, 0.15) is 11.9 Å². The molecule has 1 aliphatic heterocycles. The summed E-state index contributed by atoms with van der Waals surface area (Å²) in [6, 6.07) is 7.66. The molecule has 1 aliphatic rings. The van der Waals surface area contributed by atoms with Crippen LogP contribution < -0.4 is 15.2 Å². The highest BCUT2D eigenvalue weighted by Crippen LogP contribution is 2.38. The summed E-state index contributed by atoms with van der Waals surface area (Å²) >= 11 is 0. The first kappa shape index (κ1) is 14.7. The number of nitrogens with two attached hydrogens (primary N) is 1. The number of aromatic nitrogens is 2. The molecule has 22 heavy (non-hydrogen) atoms. The summed E-state index contributed by atoms with van der Waals surface area (Å²) in [5.74, 6) is 1.94. The highest BCUT2D eigenvalue weighted by Gasteiger charge is 2.21. The molecule has 0 unspecified atom stereocenters. The van der Waals surface area contributed by atoms with E-state index < -0.39 is 0 Å². The predicted molar refractivity (Wildman–Crippen MR) is 86.1 cm³/mol. The van der Waals surface area contributed by atoms with Crippen molar-refractivity contribution >= 4 is 5.82 Å². The predicted octanol–water partition coefficient (Wildman–Crippen LogP) is 2.14. The number of ether oxygens (including phenoxy) is 2. The van der Waals surface area contributed by atoms with Gasteiger partial charge in [-0.15, -0.1) is 0 Å². The number of aromatic amines is 1. The topological polar surface area (TPSA) is 76.4 Å². The number of para-hydroxylation sites is 1. The van der Waals surface area contributed by atoms with Gasteiger partial charge < -0.3 is 20.1 Å². The van der Waals surface area contributed by atoms with Crippen molar-refractivity contribution < 1.29 is 9.47 Å². The molecule has 1 fully saturated rings. The molecule has 1 saturated heterocycles. The summed E-state index contributed by atoms with van der Waals surface area (Å²) in [5.41, 5.74) is 7.41. The third-order valence-electron chi connectivity index (χ3n) is 4.03. The first-order valence-electron chi connectivity index (χ1n) is 7.51. The van der Waals surface area contributed by atoms with Crippen molar-refractivity contribution in [3.8, 4) is 22.8 Å². The van der Waals surface area contributed by atoms with Crippen LogP contribution in [0.15, 0.2) is 24.3 Å². The number of rotatable bonds is 4. The molecule has 118 valence electrons. The van der Waals surface area contributed by atoms with Crippen molar-refractivity contribution in [2.45, 2.75) is 18.9 Å². The van der Waals surface area contributed by atoms with E-state index in [0.29, 0.717) is 11.6 Å². The summed E-state index contributed by atoms with van der Waals surface area (Å²) in [5, 5.41) is 6.89. The van der Waals surface area contributed by atoms with E-state index in [1.54, 1.807) is 13.2 Å². The van der Waals surface area contributed by atoms with Crippen LogP contribution in [0.25, 0.3) is 11.3 Å². The van der Waals surface area contributed by atoms with E-state index in [4.69, 9.17) is 15.2 Å². The van der Waals surface area contributed by atoms with Gasteiger partial charge in [0.25, 0.3) is 0 Å². The normalized spacial score (nSPS) is 16.6. The van der Waals surface area contributed by atoms with Crippen molar-refractivity contribution in [2.24, 2.45) is 0 Å². The van der Waals surface area contributed by atoms with Gasteiger partial charge in [0.2, 0.25) is 0 Å². The fourth-order valence-electron chi connectivity index (χ4n) is 2.79. The largest absolute Gasteiger partial charge is 0.492 e. The van der Waals surface area contributed by atoms with Crippen LogP contribution in [0.5, 0.6) is 11.5 Å². The number of H-pyrrole nitrogens is 1. The molecule has 6 heteroatoms. The van der Waals surface area contributed by atoms with E-state index in [-0.39, 0.29) is 6.10 Å². The number of hydrogen-bond donors (Lipinski definition) is 2. The van der Waals surface area contributed by atoms with Crippen LogP contribution in [0.2, 0.25) is 0 Å². The van der Waals surface area contributed by atoms with E-state index in [0.717, 1.165) is 42.9 Å². The molecular formula is C16H22N4O2. The molecule has 0 bridgehead atoms. The van der Waals surface area contributed by atoms with E-state index in [9.17, 15) is 0 Å². The van der Waals surface area contributed by atoms with Gasteiger partial charge in [-0.25, -0.2) is 0 Å². The van der Waals surface area contributed by atoms with Gasteiger partial charge >= 0.3 is 0 Å². The zero-order valence-electron chi connectivity index (χ0n) is 13.0. The molecule has 0 aliphatic carbocycles. The minimum Gasteiger partial charge on any atom is -0.492 e. The lowest BCUT2D eigenvalue weighted by atomic mass is 10.1. The molecule has 6 nitrogen and oxygen atoms in total. The summed E-state index contributed by atoms with van der Waals surface area (Å²) in [7, 11) is 3.79. The summed E-state index contributed by atoms with van der Waals surface area (Å²) in [4.78, 5) is 2.32. The lowest BCUT2D eigenvalue weighted by Gasteiger charge is -2.29. The Morgan fingerprint density at radius 2 is 2.09 bits per heavy atom. The monoisotopic (exact) mass is 302 g/mol. The van der Waals surface area contributed by atoms with Crippen LogP contribution in [0, 0.1) is 0 Å². The van der Waals surface area contributed by atoms with Gasteiger partial charge in [-0.1, -0.05) is 6.07 Å². The Bertz CT molecular complexity index is 633. The number of benzene rings is 1. The molecule has 2 heterocycles. The van der Waals surface area contributed by atoms with E-state index in [1.165, 1.54) is 0 Å². The first-order chi connectivity index (χ1) is 10.7. The molecule has 0 radical (unpaired) electrons. The Morgan fingerprint density at radius 1 is 1.32 bits per heavy atom. The number of methoxy groups -OCH3 is 1. The fraction of sp³-hybridized carbons (Fsp3) is 0.438. The van der Waals surface area contributed by atoms with Crippen molar-refractivity contribution in [3.05, 3.63) is 24.3 Å². The van der Waals surface area contributed by atoms with E-state index in [1.807, 2.05) is 18.2 Å². The van der Waals surface area contributed by atoms with Gasteiger partial charge in [-0.2, -0.15) is 5.10 Å². The minimum absolute atomic E-state index is 0.229. The lowest BCUT2D eigenvalue weighted by molar-refractivity contribution is 0.111. The molecule has 3 rings (SSSR count). The lowest BCUT2D eigenvalue weighted by Crippen LogP contribution is -2.35. The van der Waals surface area contributed by atoms with Crippen LogP contribution in [-0.4, -0.2) is 48.4 Å². The highest BCUT2D eigenvalue weighted by atomic mass is 16.5. The molecule has 0 atom stereocenters. The maximum absolute atomic E-state index is 6.18. The summed E-state index contributed by atoms with van der Waals surface area (Å²) in [6.45, 7) is 2.12. The van der Waals surface area contributed by atoms with Crippen LogP contribution in [0.1, 0.15) is 12.8 Å². The Balaban J connectivity index is 1.85. The molecule has 1 aromatic carbocycles. The second-order valence-corrected chi connectivity index (χ2v) is 5.66. The van der Waals surface area contributed by atoms with Gasteiger partial charge in [0, 0.05) is 24.7 Å². The molecule has 3 N–H and O–H groups in total. The van der Waals surface area contributed by atoms with Gasteiger partial charge in [0.15, 0.2) is 11.5 Å². The number of hydrogen-bond acceptors (Lipinski definition) is 5. The van der Waals surface area contributed by atoms with E-state index in [2.05, 4.69) is 22.1 Å². The smallest absolute Gasteiger partial charge is 0.170 e. The third-order valence-corrected chi connectivity index (χ3v) is 4.03. The number of nitrogens with one attached hydrogen (secondary N) is 1. The minimum atomic E-state index is 0.229. The van der Waals surface area contributed by atoms with Crippen molar-refractivity contribution in [2.75, 3.05) is 33.0 Å². The summed E-state index contributed by atoms with van der Waals surface area (Å²) < 4.78 is 11.8. The Kier molecular flexibility index (Phi) is 4.20. The Hall–Kier alpha value is -2.21. The van der Waals surface area contributed by atoms with Crippen LogP contribution in [0.3, 0.4) is 0 Å². The molecule has 2 aromatic rings. The van der Waals surface area contributed by atoms with Gasteiger partial charge in [-0.3, -0.25) is 5.10 Å². The number of likely N-dealkylation sites (tertiary alicyclic amines) is 1. The van der Waals surface area contributed by atoms with Crippen LogP contribution in [-0.2, 0) is 0 Å². The Morgan fingerprint density at radius 3 is 2.73 bits per heavy atom. The van der Waals surface area contributed by atoms with Crippen LogP contribution in [0.4, 0.5) is 5.82 Å². The number of nitrogen functional groups attached to an aromatic ring is 1. The second kappa shape index (κ2) is 6.27. The molecule has 0 spiro atoms. The van der Waals surface area contributed by atoms with Gasteiger partial charge in [-0.05, 0) is 32.0 Å². The molecular weight excluding hydrogens is 280 g/mol.